The van der Waals surface area contributed by atoms with E-state index in [1.165, 1.54) is 11.5 Å². The third-order valence-corrected chi connectivity index (χ3v) is 4.34. The van der Waals surface area contributed by atoms with Gasteiger partial charge in [-0.25, -0.2) is 0 Å². The zero-order valence-electron chi connectivity index (χ0n) is 13.4. The molecule has 0 aliphatic rings. The van der Waals surface area contributed by atoms with E-state index in [9.17, 15) is 4.79 Å². The van der Waals surface area contributed by atoms with Gasteiger partial charge in [0.15, 0.2) is 0 Å². The number of aryl methyl sites for hydroxylation is 1. The summed E-state index contributed by atoms with van der Waals surface area (Å²) in [6.07, 6.45) is 0. The molecule has 0 aliphatic carbocycles. The summed E-state index contributed by atoms with van der Waals surface area (Å²) < 4.78 is 10.0. The number of nitrogens with zero attached hydrogens (tertiary/aromatic N) is 1. The Labute approximate surface area is 144 Å². The lowest BCUT2D eigenvalue weighted by Gasteiger charge is -2.09. The maximum absolute atomic E-state index is 12.5. The molecule has 122 valence electrons. The molecule has 24 heavy (non-hydrogen) atoms. The third-order valence-electron chi connectivity index (χ3n) is 3.39. The van der Waals surface area contributed by atoms with Gasteiger partial charge >= 0.3 is 0 Å². The van der Waals surface area contributed by atoms with Crippen LogP contribution >= 0.6 is 11.5 Å². The van der Waals surface area contributed by atoms with Crippen LogP contribution in [-0.2, 0) is 0 Å². The molecule has 3 aromatic rings. The first-order valence-electron chi connectivity index (χ1n) is 7.45. The van der Waals surface area contributed by atoms with Crippen LogP contribution in [0, 0.1) is 6.92 Å². The van der Waals surface area contributed by atoms with Crippen LogP contribution in [0.2, 0.25) is 0 Å². The molecule has 0 saturated heterocycles. The SMILES string of the molecule is CNc1snc(C)c1C(=O)Nc1cccc(Oc2ccccc2)c1. The van der Waals surface area contributed by atoms with Crippen LogP contribution in [0.3, 0.4) is 0 Å². The molecule has 0 radical (unpaired) electrons. The Morgan fingerprint density at radius 2 is 1.83 bits per heavy atom. The summed E-state index contributed by atoms with van der Waals surface area (Å²) in [7, 11) is 1.78. The highest BCUT2D eigenvalue weighted by molar-refractivity contribution is 7.10. The van der Waals surface area contributed by atoms with Gasteiger partial charge in [-0.3, -0.25) is 4.79 Å². The van der Waals surface area contributed by atoms with Crippen molar-refractivity contribution in [2.24, 2.45) is 0 Å². The average Bonchev–Trinajstić information content (AvgIpc) is 2.97. The zero-order chi connectivity index (χ0) is 16.9. The predicted octanol–water partition coefficient (Wildman–Crippen LogP) is 4.54. The molecule has 0 spiro atoms. The summed E-state index contributed by atoms with van der Waals surface area (Å²) in [4.78, 5) is 12.5. The molecular weight excluding hydrogens is 322 g/mol. The first-order chi connectivity index (χ1) is 11.7. The lowest BCUT2D eigenvalue weighted by atomic mass is 10.2. The Kier molecular flexibility index (Phi) is 4.77. The van der Waals surface area contributed by atoms with Crippen LogP contribution < -0.4 is 15.4 Å². The number of amides is 1. The number of carbonyl (C=O) groups excluding carboxylic acids is 1. The third kappa shape index (κ3) is 3.55. The molecule has 6 heteroatoms. The van der Waals surface area contributed by atoms with Gasteiger partial charge in [0.1, 0.15) is 16.5 Å². The van der Waals surface area contributed by atoms with Crippen LogP contribution in [0.1, 0.15) is 16.1 Å². The summed E-state index contributed by atoms with van der Waals surface area (Å²) in [5.74, 6) is 1.21. The van der Waals surface area contributed by atoms with Gasteiger partial charge < -0.3 is 15.4 Å². The zero-order valence-corrected chi connectivity index (χ0v) is 14.2. The van der Waals surface area contributed by atoms with Crippen LogP contribution in [0.4, 0.5) is 10.7 Å². The van der Waals surface area contributed by atoms with Crippen molar-refractivity contribution >= 4 is 28.1 Å². The number of rotatable bonds is 5. The fourth-order valence-corrected chi connectivity index (χ4v) is 3.01. The van der Waals surface area contributed by atoms with Gasteiger partial charge in [-0.15, -0.1) is 0 Å². The maximum atomic E-state index is 12.5. The molecule has 1 aromatic heterocycles. The van der Waals surface area contributed by atoms with Gasteiger partial charge in [0.2, 0.25) is 0 Å². The van der Waals surface area contributed by atoms with E-state index in [1.54, 1.807) is 13.1 Å². The Morgan fingerprint density at radius 3 is 2.58 bits per heavy atom. The van der Waals surface area contributed by atoms with Crippen molar-refractivity contribution < 1.29 is 9.53 Å². The van der Waals surface area contributed by atoms with Crippen LogP contribution in [0.5, 0.6) is 11.5 Å². The number of para-hydroxylation sites is 1. The van der Waals surface area contributed by atoms with Gasteiger partial charge in [0.05, 0.1) is 11.3 Å². The second kappa shape index (κ2) is 7.14. The van der Waals surface area contributed by atoms with E-state index < -0.39 is 0 Å². The molecule has 2 aromatic carbocycles. The normalized spacial score (nSPS) is 10.2. The molecule has 0 saturated carbocycles. The molecule has 2 N–H and O–H groups in total. The van der Waals surface area contributed by atoms with E-state index in [0.717, 1.165) is 10.8 Å². The Hall–Kier alpha value is -2.86. The van der Waals surface area contributed by atoms with E-state index in [4.69, 9.17) is 4.74 Å². The molecule has 1 amide bonds. The number of anilines is 2. The quantitative estimate of drug-likeness (QED) is 0.716. The smallest absolute Gasteiger partial charge is 0.260 e. The Bertz CT molecular complexity index is 846. The summed E-state index contributed by atoms with van der Waals surface area (Å²) in [6, 6.07) is 16.8. The van der Waals surface area contributed by atoms with Crippen molar-refractivity contribution in [2.45, 2.75) is 6.92 Å². The lowest BCUT2D eigenvalue weighted by molar-refractivity contribution is 0.102. The molecule has 0 aliphatic heterocycles. The molecular formula is C18H17N3O2S. The lowest BCUT2D eigenvalue weighted by Crippen LogP contribution is -2.14. The standard InChI is InChI=1S/C18H17N3O2S/c1-12-16(18(19-2)24-21-12)17(22)20-13-7-6-10-15(11-13)23-14-8-4-3-5-9-14/h3-11,19H,1-2H3,(H,20,22). The second-order valence-corrected chi connectivity index (χ2v) is 5.89. The number of ether oxygens (including phenoxy) is 1. The first kappa shape index (κ1) is 16.0. The topological polar surface area (TPSA) is 63.2 Å². The van der Waals surface area contributed by atoms with Crippen molar-refractivity contribution in [3.63, 3.8) is 0 Å². The van der Waals surface area contributed by atoms with E-state index >= 15 is 0 Å². The van der Waals surface area contributed by atoms with Gasteiger partial charge in [0, 0.05) is 18.8 Å². The van der Waals surface area contributed by atoms with Crippen LogP contribution in [0.25, 0.3) is 0 Å². The minimum Gasteiger partial charge on any atom is -0.457 e. The second-order valence-electron chi connectivity index (χ2n) is 5.12. The van der Waals surface area contributed by atoms with Crippen molar-refractivity contribution in [2.75, 3.05) is 17.7 Å². The van der Waals surface area contributed by atoms with Gasteiger partial charge in [-0.1, -0.05) is 24.3 Å². The van der Waals surface area contributed by atoms with E-state index in [1.807, 2.05) is 55.5 Å². The highest BCUT2D eigenvalue weighted by atomic mass is 32.1. The largest absolute Gasteiger partial charge is 0.457 e. The summed E-state index contributed by atoms with van der Waals surface area (Å²) >= 11 is 1.27. The molecule has 0 fully saturated rings. The first-order valence-corrected chi connectivity index (χ1v) is 8.23. The van der Waals surface area contributed by atoms with Crippen molar-refractivity contribution in [3.8, 4) is 11.5 Å². The maximum Gasteiger partial charge on any atom is 0.260 e. The van der Waals surface area contributed by atoms with Crippen molar-refractivity contribution in [1.29, 1.82) is 0 Å². The molecule has 3 rings (SSSR count). The highest BCUT2D eigenvalue weighted by Gasteiger charge is 2.17. The molecule has 0 unspecified atom stereocenters. The van der Waals surface area contributed by atoms with Crippen molar-refractivity contribution in [1.82, 2.24) is 4.37 Å². The molecule has 5 nitrogen and oxygen atoms in total. The highest BCUT2D eigenvalue weighted by Crippen LogP contribution is 2.27. The van der Waals surface area contributed by atoms with Gasteiger partial charge in [-0.05, 0) is 42.7 Å². The fraction of sp³-hybridized carbons (Fsp3) is 0.111. The average molecular weight is 339 g/mol. The van der Waals surface area contributed by atoms with Crippen LogP contribution in [0.15, 0.2) is 54.6 Å². The number of hydrogen-bond donors (Lipinski definition) is 2. The van der Waals surface area contributed by atoms with E-state index in [0.29, 0.717) is 22.7 Å². The van der Waals surface area contributed by atoms with Gasteiger partial charge in [-0.2, -0.15) is 4.37 Å². The number of aromatic nitrogens is 1. The number of carbonyl (C=O) groups is 1. The Balaban J connectivity index is 1.77. The van der Waals surface area contributed by atoms with E-state index in [-0.39, 0.29) is 5.91 Å². The summed E-state index contributed by atoms with van der Waals surface area (Å²) in [6.45, 7) is 1.82. The molecule has 0 atom stereocenters. The monoisotopic (exact) mass is 339 g/mol. The van der Waals surface area contributed by atoms with Gasteiger partial charge in [0.25, 0.3) is 5.91 Å². The van der Waals surface area contributed by atoms with E-state index in [2.05, 4.69) is 15.0 Å². The number of benzene rings is 2. The minimum absolute atomic E-state index is 0.192. The van der Waals surface area contributed by atoms with Crippen LogP contribution in [-0.4, -0.2) is 17.3 Å². The summed E-state index contributed by atoms with van der Waals surface area (Å²) in [5, 5.41) is 6.64. The molecule has 0 bridgehead atoms. The number of hydrogen-bond acceptors (Lipinski definition) is 5. The Morgan fingerprint density at radius 1 is 1.08 bits per heavy atom. The van der Waals surface area contributed by atoms with Crippen molar-refractivity contribution in [3.05, 3.63) is 65.9 Å². The predicted molar refractivity (Wildman–Crippen MR) is 97.3 cm³/mol. The minimum atomic E-state index is -0.192. The fourth-order valence-electron chi connectivity index (χ4n) is 2.26. The number of nitrogens with one attached hydrogen (secondary N) is 2. The summed E-state index contributed by atoms with van der Waals surface area (Å²) in [5.41, 5.74) is 1.94. The molecule has 1 heterocycles.